The predicted octanol–water partition coefficient (Wildman–Crippen LogP) is 1.39. The highest BCUT2D eigenvalue weighted by atomic mass is 16.1. The lowest BCUT2D eigenvalue weighted by Crippen LogP contribution is -2.12. The average molecular weight is 211 g/mol. The summed E-state index contributed by atoms with van der Waals surface area (Å²) in [6.45, 7) is 0.555. The molecule has 0 saturated carbocycles. The molecular weight excluding hydrogens is 202 g/mol. The molecule has 4 heteroatoms. The van der Waals surface area contributed by atoms with Gasteiger partial charge in [0.2, 0.25) is 0 Å². The lowest BCUT2D eigenvalue weighted by Gasteiger charge is -2.04. The first-order valence-electron chi connectivity index (χ1n) is 5.03. The van der Waals surface area contributed by atoms with Crippen molar-refractivity contribution in [3.05, 3.63) is 47.9 Å². The molecule has 3 rings (SSSR count). The fourth-order valence-corrected chi connectivity index (χ4v) is 1.91. The molecule has 3 heterocycles. The van der Waals surface area contributed by atoms with Gasteiger partial charge in [-0.05, 0) is 18.2 Å². The van der Waals surface area contributed by atoms with Crippen molar-refractivity contribution < 1.29 is 4.79 Å². The highest BCUT2D eigenvalue weighted by molar-refractivity contribution is 5.99. The molecule has 78 valence electrons. The molecule has 0 atom stereocenters. The Bertz CT molecular complexity index is 551. The van der Waals surface area contributed by atoms with Crippen molar-refractivity contribution in [3.8, 4) is 11.3 Å². The highest BCUT2D eigenvalue weighted by Crippen LogP contribution is 2.26. The van der Waals surface area contributed by atoms with E-state index in [2.05, 4.69) is 15.3 Å². The van der Waals surface area contributed by atoms with E-state index < -0.39 is 0 Å². The minimum Gasteiger partial charge on any atom is -0.348 e. The van der Waals surface area contributed by atoms with E-state index in [1.807, 2.05) is 12.1 Å². The first-order valence-corrected chi connectivity index (χ1v) is 5.03. The quantitative estimate of drug-likeness (QED) is 0.775. The molecule has 1 amide bonds. The Balaban J connectivity index is 2.20. The number of hydrogen-bond acceptors (Lipinski definition) is 3. The van der Waals surface area contributed by atoms with Crippen LogP contribution in [0.25, 0.3) is 11.3 Å². The van der Waals surface area contributed by atoms with E-state index in [0.717, 1.165) is 22.4 Å². The summed E-state index contributed by atoms with van der Waals surface area (Å²) in [5, 5.41) is 2.80. The van der Waals surface area contributed by atoms with Crippen LogP contribution in [0.15, 0.2) is 36.8 Å². The SMILES string of the molecule is O=C1NCc2c1ccnc2-c1ccncc1. The number of amides is 1. The normalized spacial score (nSPS) is 13.4. The molecule has 2 aromatic heterocycles. The molecule has 0 saturated heterocycles. The van der Waals surface area contributed by atoms with E-state index >= 15 is 0 Å². The maximum Gasteiger partial charge on any atom is 0.252 e. The van der Waals surface area contributed by atoms with Crippen LogP contribution in [-0.2, 0) is 6.54 Å². The fraction of sp³-hybridized carbons (Fsp3) is 0.0833. The Kier molecular flexibility index (Phi) is 1.93. The van der Waals surface area contributed by atoms with Gasteiger partial charge in [-0.1, -0.05) is 0 Å². The average Bonchev–Trinajstić information content (AvgIpc) is 2.73. The van der Waals surface area contributed by atoms with Crippen molar-refractivity contribution in [2.45, 2.75) is 6.54 Å². The third kappa shape index (κ3) is 1.27. The summed E-state index contributed by atoms with van der Waals surface area (Å²) in [5.74, 6) is -0.0206. The van der Waals surface area contributed by atoms with E-state index in [-0.39, 0.29) is 5.91 Å². The maximum atomic E-state index is 11.5. The van der Waals surface area contributed by atoms with Gasteiger partial charge in [0, 0.05) is 41.8 Å². The number of pyridine rings is 2. The Hall–Kier alpha value is -2.23. The molecule has 1 aliphatic heterocycles. The summed E-state index contributed by atoms with van der Waals surface area (Å²) < 4.78 is 0. The first-order chi connectivity index (χ1) is 7.86. The first kappa shape index (κ1) is 9.03. The van der Waals surface area contributed by atoms with Gasteiger partial charge < -0.3 is 5.32 Å². The molecule has 0 spiro atoms. The number of fused-ring (bicyclic) bond motifs is 1. The van der Waals surface area contributed by atoms with Crippen LogP contribution >= 0.6 is 0 Å². The van der Waals surface area contributed by atoms with Crippen LogP contribution in [0.4, 0.5) is 0 Å². The standard InChI is InChI=1S/C12H9N3O/c16-12-9-3-6-14-11(10(9)7-15-12)8-1-4-13-5-2-8/h1-6H,7H2,(H,15,16). The molecule has 0 fully saturated rings. The van der Waals surface area contributed by atoms with Gasteiger partial charge in [0.15, 0.2) is 0 Å². The number of aromatic nitrogens is 2. The van der Waals surface area contributed by atoms with E-state index in [0.29, 0.717) is 6.54 Å². The number of rotatable bonds is 1. The number of carbonyl (C=O) groups is 1. The molecule has 2 aromatic rings. The summed E-state index contributed by atoms with van der Waals surface area (Å²) in [7, 11) is 0. The van der Waals surface area contributed by atoms with Crippen molar-refractivity contribution in [1.82, 2.24) is 15.3 Å². The molecule has 0 aliphatic carbocycles. The minimum atomic E-state index is -0.0206. The second kappa shape index (κ2) is 3.41. The molecule has 0 radical (unpaired) electrons. The molecule has 1 N–H and O–H groups in total. The number of nitrogens with one attached hydrogen (secondary N) is 1. The van der Waals surface area contributed by atoms with Crippen molar-refractivity contribution >= 4 is 5.91 Å². The third-order valence-electron chi connectivity index (χ3n) is 2.68. The second-order valence-electron chi connectivity index (χ2n) is 3.60. The Labute approximate surface area is 92.4 Å². The zero-order valence-electron chi connectivity index (χ0n) is 8.47. The number of hydrogen-bond donors (Lipinski definition) is 1. The Morgan fingerprint density at radius 3 is 2.75 bits per heavy atom. The van der Waals surface area contributed by atoms with Crippen LogP contribution in [-0.4, -0.2) is 15.9 Å². The van der Waals surface area contributed by atoms with Crippen LogP contribution in [0.3, 0.4) is 0 Å². The van der Waals surface area contributed by atoms with E-state index in [9.17, 15) is 4.79 Å². The van der Waals surface area contributed by atoms with Crippen molar-refractivity contribution in [3.63, 3.8) is 0 Å². The number of nitrogens with zero attached hydrogens (tertiary/aromatic N) is 2. The molecular formula is C12H9N3O. The topological polar surface area (TPSA) is 54.9 Å². The van der Waals surface area contributed by atoms with Crippen LogP contribution in [0, 0.1) is 0 Å². The zero-order chi connectivity index (χ0) is 11.0. The van der Waals surface area contributed by atoms with Crippen LogP contribution in [0.2, 0.25) is 0 Å². The Morgan fingerprint density at radius 1 is 1.12 bits per heavy atom. The van der Waals surface area contributed by atoms with Crippen molar-refractivity contribution in [2.75, 3.05) is 0 Å². The van der Waals surface area contributed by atoms with Gasteiger partial charge in [-0.3, -0.25) is 14.8 Å². The lowest BCUT2D eigenvalue weighted by molar-refractivity contribution is 0.0965. The van der Waals surface area contributed by atoms with Gasteiger partial charge >= 0.3 is 0 Å². The summed E-state index contributed by atoms with van der Waals surface area (Å²) in [6.07, 6.45) is 5.11. The maximum absolute atomic E-state index is 11.5. The van der Waals surface area contributed by atoms with Gasteiger partial charge in [-0.25, -0.2) is 0 Å². The van der Waals surface area contributed by atoms with E-state index in [1.54, 1.807) is 24.7 Å². The van der Waals surface area contributed by atoms with Gasteiger partial charge in [0.1, 0.15) is 0 Å². The summed E-state index contributed by atoms with van der Waals surface area (Å²) in [4.78, 5) is 19.8. The molecule has 1 aliphatic rings. The smallest absolute Gasteiger partial charge is 0.252 e. The largest absolute Gasteiger partial charge is 0.348 e. The van der Waals surface area contributed by atoms with Crippen LogP contribution < -0.4 is 5.32 Å². The summed E-state index contributed by atoms with van der Waals surface area (Å²) in [6, 6.07) is 5.54. The van der Waals surface area contributed by atoms with Gasteiger partial charge in [0.05, 0.1) is 5.69 Å². The summed E-state index contributed by atoms with van der Waals surface area (Å²) >= 11 is 0. The van der Waals surface area contributed by atoms with Crippen molar-refractivity contribution in [1.29, 1.82) is 0 Å². The molecule has 16 heavy (non-hydrogen) atoms. The number of carbonyl (C=O) groups excluding carboxylic acids is 1. The highest BCUT2D eigenvalue weighted by Gasteiger charge is 2.22. The molecule has 4 nitrogen and oxygen atoms in total. The monoisotopic (exact) mass is 211 g/mol. The molecule has 0 unspecified atom stereocenters. The summed E-state index contributed by atoms with van der Waals surface area (Å²) in [5.41, 5.74) is 3.54. The fourth-order valence-electron chi connectivity index (χ4n) is 1.91. The van der Waals surface area contributed by atoms with Gasteiger partial charge in [0.25, 0.3) is 5.91 Å². The van der Waals surface area contributed by atoms with Crippen LogP contribution in [0.1, 0.15) is 15.9 Å². The molecule has 0 bridgehead atoms. The second-order valence-corrected chi connectivity index (χ2v) is 3.60. The van der Waals surface area contributed by atoms with Crippen molar-refractivity contribution in [2.24, 2.45) is 0 Å². The van der Waals surface area contributed by atoms with Gasteiger partial charge in [-0.2, -0.15) is 0 Å². The predicted molar refractivity (Wildman–Crippen MR) is 58.6 cm³/mol. The molecule has 0 aromatic carbocycles. The van der Waals surface area contributed by atoms with Crippen LogP contribution in [0.5, 0.6) is 0 Å². The van der Waals surface area contributed by atoms with E-state index in [1.165, 1.54) is 0 Å². The van der Waals surface area contributed by atoms with Gasteiger partial charge in [-0.15, -0.1) is 0 Å². The lowest BCUT2D eigenvalue weighted by atomic mass is 10.0. The van der Waals surface area contributed by atoms with E-state index in [4.69, 9.17) is 0 Å². The minimum absolute atomic E-state index is 0.0206. The Morgan fingerprint density at radius 2 is 1.94 bits per heavy atom. The zero-order valence-corrected chi connectivity index (χ0v) is 8.47. The third-order valence-corrected chi connectivity index (χ3v) is 2.68.